The number of hydrogen-bond donors (Lipinski definition) is 0. The molecule has 31 heavy (non-hydrogen) atoms. The highest BCUT2D eigenvalue weighted by molar-refractivity contribution is 14.1. The van der Waals surface area contributed by atoms with E-state index in [1.54, 1.807) is 43.3 Å². The van der Waals surface area contributed by atoms with Gasteiger partial charge in [-0.1, -0.05) is 35.6 Å². The summed E-state index contributed by atoms with van der Waals surface area (Å²) in [6, 6.07) is 10.5. The Bertz CT molecular complexity index is 1060. The largest absolute Gasteiger partial charge is 0.493 e. The second-order valence-electron chi connectivity index (χ2n) is 6.12. The number of hydrogen-bond acceptors (Lipinski definition) is 7. The molecule has 2 aromatic rings. The lowest BCUT2D eigenvalue weighted by Gasteiger charge is -2.14. The van der Waals surface area contributed by atoms with Crippen molar-refractivity contribution in [3.63, 3.8) is 0 Å². The zero-order valence-electron chi connectivity index (χ0n) is 16.5. The summed E-state index contributed by atoms with van der Waals surface area (Å²) in [7, 11) is 1.51. The first-order valence-corrected chi connectivity index (χ1v) is 11.7. The first kappa shape index (κ1) is 23.8. The van der Waals surface area contributed by atoms with Crippen LogP contribution in [-0.2, 0) is 14.3 Å². The van der Waals surface area contributed by atoms with Gasteiger partial charge >= 0.3 is 5.97 Å². The smallest absolute Gasteiger partial charge is 0.344 e. The molecule has 0 saturated carbocycles. The highest BCUT2D eigenvalue weighted by Gasteiger charge is 2.33. The second kappa shape index (κ2) is 10.7. The van der Waals surface area contributed by atoms with Gasteiger partial charge in [-0.2, -0.15) is 0 Å². The summed E-state index contributed by atoms with van der Waals surface area (Å²) < 4.78 is 17.0. The molecule has 0 bridgehead atoms. The van der Waals surface area contributed by atoms with Gasteiger partial charge in [-0.15, -0.1) is 0 Å². The van der Waals surface area contributed by atoms with Crippen molar-refractivity contribution < 1.29 is 23.8 Å². The van der Waals surface area contributed by atoms with E-state index in [1.807, 2.05) is 6.07 Å². The Kier molecular flexibility index (Phi) is 8.20. The van der Waals surface area contributed by atoms with Crippen LogP contribution < -0.4 is 14.4 Å². The number of anilines is 1. The average molecular weight is 590 g/mol. The standard InChI is InChI=1S/C21H17ClINO5S2/c1-3-28-18(25)11-29-19-15(23)8-12(9-16(19)27-2)10-17-20(26)24(21(30)31-17)14-6-4-13(22)5-7-14/h4-10H,3,11H2,1-2H3/b17-10-. The third kappa shape index (κ3) is 5.71. The minimum absolute atomic E-state index is 0.214. The molecule has 1 heterocycles. The molecule has 1 fully saturated rings. The maximum absolute atomic E-state index is 13.0. The maximum Gasteiger partial charge on any atom is 0.344 e. The predicted octanol–water partition coefficient (Wildman–Crippen LogP) is 5.30. The van der Waals surface area contributed by atoms with E-state index in [4.69, 9.17) is 38.0 Å². The third-order valence-electron chi connectivity index (χ3n) is 4.07. The number of amides is 1. The number of thiocarbonyl (C=S) groups is 1. The molecule has 2 aromatic carbocycles. The number of carbonyl (C=O) groups is 2. The van der Waals surface area contributed by atoms with Crippen LogP contribution in [0.25, 0.3) is 6.08 Å². The van der Waals surface area contributed by atoms with Gasteiger partial charge in [0.05, 0.1) is 27.9 Å². The number of rotatable bonds is 7. The number of esters is 1. The molecular weight excluding hydrogens is 573 g/mol. The Labute approximate surface area is 208 Å². The van der Waals surface area contributed by atoms with Crippen molar-refractivity contribution in [1.29, 1.82) is 0 Å². The van der Waals surface area contributed by atoms with E-state index in [1.165, 1.54) is 23.8 Å². The number of nitrogens with zero attached hydrogens (tertiary/aromatic N) is 1. The number of halogens is 2. The van der Waals surface area contributed by atoms with E-state index in [-0.39, 0.29) is 19.1 Å². The van der Waals surface area contributed by atoms with Gasteiger partial charge in [0.15, 0.2) is 22.4 Å². The summed E-state index contributed by atoms with van der Waals surface area (Å²) in [5, 5.41) is 0.580. The zero-order valence-corrected chi connectivity index (χ0v) is 21.1. The number of carbonyl (C=O) groups excluding carboxylic acids is 2. The fourth-order valence-electron chi connectivity index (χ4n) is 2.73. The van der Waals surface area contributed by atoms with Crippen LogP contribution in [0.5, 0.6) is 11.5 Å². The van der Waals surface area contributed by atoms with Gasteiger partial charge in [-0.05, 0) is 77.6 Å². The topological polar surface area (TPSA) is 65.1 Å². The fourth-order valence-corrected chi connectivity index (χ4v) is 4.93. The van der Waals surface area contributed by atoms with Crippen LogP contribution >= 0.6 is 58.2 Å². The lowest BCUT2D eigenvalue weighted by Crippen LogP contribution is -2.27. The van der Waals surface area contributed by atoms with Crippen LogP contribution in [0.3, 0.4) is 0 Å². The quantitative estimate of drug-likeness (QED) is 0.188. The Morgan fingerprint density at radius 1 is 1.29 bits per heavy atom. The van der Waals surface area contributed by atoms with Gasteiger partial charge in [0.2, 0.25) is 0 Å². The molecule has 0 atom stereocenters. The monoisotopic (exact) mass is 589 g/mol. The molecule has 0 unspecified atom stereocenters. The van der Waals surface area contributed by atoms with Crippen molar-refractivity contribution in [3.8, 4) is 11.5 Å². The van der Waals surface area contributed by atoms with Gasteiger partial charge in [-0.25, -0.2) is 4.79 Å². The first-order chi connectivity index (χ1) is 14.8. The molecule has 0 N–H and O–H groups in total. The minimum atomic E-state index is -0.463. The van der Waals surface area contributed by atoms with Gasteiger partial charge < -0.3 is 14.2 Å². The molecule has 1 aliphatic rings. The maximum atomic E-state index is 13.0. The van der Waals surface area contributed by atoms with Crippen molar-refractivity contribution in [2.45, 2.75) is 6.92 Å². The Morgan fingerprint density at radius 2 is 2.00 bits per heavy atom. The van der Waals surface area contributed by atoms with Crippen LogP contribution in [0, 0.1) is 3.57 Å². The zero-order chi connectivity index (χ0) is 22.5. The number of thioether (sulfide) groups is 1. The summed E-state index contributed by atoms with van der Waals surface area (Å²) in [6.07, 6.45) is 1.75. The van der Waals surface area contributed by atoms with E-state index in [9.17, 15) is 9.59 Å². The highest BCUT2D eigenvalue weighted by Crippen LogP contribution is 2.39. The Hall–Kier alpha value is -1.82. The number of ether oxygens (including phenoxy) is 3. The molecule has 1 saturated heterocycles. The summed E-state index contributed by atoms with van der Waals surface area (Å²) in [5.41, 5.74) is 1.39. The highest BCUT2D eigenvalue weighted by atomic mass is 127. The molecule has 1 aliphatic heterocycles. The molecular formula is C21H17ClINO5S2. The van der Waals surface area contributed by atoms with E-state index in [0.29, 0.717) is 31.4 Å². The van der Waals surface area contributed by atoms with E-state index in [0.717, 1.165) is 9.13 Å². The molecule has 6 nitrogen and oxygen atoms in total. The van der Waals surface area contributed by atoms with Crippen molar-refractivity contribution in [3.05, 3.63) is 55.5 Å². The summed E-state index contributed by atoms with van der Waals surface area (Å²) in [5.74, 6) is 0.196. The van der Waals surface area contributed by atoms with E-state index < -0.39 is 5.97 Å². The Morgan fingerprint density at radius 3 is 2.65 bits per heavy atom. The Balaban J connectivity index is 1.85. The summed E-state index contributed by atoms with van der Waals surface area (Å²) in [6.45, 7) is 1.79. The molecule has 0 aliphatic carbocycles. The lowest BCUT2D eigenvalue weighted by molar-refractivity contribution is -0.145. The van der Waals surface area contributed by atoms with Crippen molar-refractivity contribution in [2.75, 3.05) is 25.2 Å². The average Bonchev–Trinajstić information content (AvgIpc) is 3.00. The van der Waals surface area contributed by atoms with Crippen LogP contribution in [0.4, 0.5) is 5.69 Å². The lowest BCUT2D eigenvalue weighted by atomic mass is 10.1. The second-order valence-corrected chi connectivity index (χ2v) is 9.40. The molecule has 162 valence electrons. The molecule has 1 amide bonds. The summed E-state index contributed by atoms with van der Waals surface area (Å²) >= 11 is 14.7. The van der Waals surface area contributed by atoms with Crippen molar-refractivity contribution in [2.24, 2.45) is 0 Å². The normalized spacial score (nSPS) is 14.8. The van der Waals surface area contributed by atoms with Gasteiger partial charge in [0, 0.05) is 5.02 Å². The minimum Gasteiger partial charge on any atom is -0.493 e. The first-order valence-electron chi connectivity index (χ1n) is 9.03. The third-order valence-corrected chi connectivity index (χ3v) is 6.42. The van der Waals surface area contributed by atoms with Crippen LogP contribution in [-0.4, -0.2) is 36.5 Å². The van der Waals surface area contributed by atoms with Gasteiger partial charge in [-0.3, -0.25) is 9.69 Å². The summed E-state index contributed by atoms with van der Waals surface area (Å²) in [4.78, 5) is 26.5. The number of methoxy groups -OCH3 is 1. The molecule has 10 heteroatoms. The van der Waals surface area contributed by atoms with Crippen molar-refractivity contribution >= 4 is 86.1 Å². The van der Waals surface area contributed by atoms with Crippen LogP contribution in [0.1, 0.15) is 12.5 Å². The molecule has 3 rings (SSSR count). The molecule has 0 spiro atoms. The number of benzene rings is 2. The predicted molar refractivity (Wildman–Crippen MR) is 135 cm³/mol. The molecule has 0 aromatic heterocycles. The van der Waals surface area contributed by atoms with Gasteiger partial charge in [0.25, 0.3) is 5.91 Å². The van der Waals surface area contributed by atoms with Gasteiger partial charge in [0.1, 0.15) is 0 Å². The SMILES string of the molecule is CCOC(=O)COc1c(I)cc(/C=C2\SC(=S)N(c3ccc(Cl)cc3)C2=O)cc1OC. The van der Waals surface area contributed by atoms with Crippen LogP contribution in [0.2, 0.25) is 5.02 Å². The fraction of sp³-hybridized carbons (Fsp3) is 0.190. The van der Waals surface area contributed by atoms with E-state index >= 15 is 0 Å². The van der Waals surface area contributed by atoms with Crippen LogP contribution in [0.15, 0.2) is 41.3 Å². The van der Waals surface area contributed by atoms with Crippen molar-refractivity contribution in [1.82, 2.24) is 0 Å². The van der Waals surface area contributed by atoms with E-state index in [2.05, 4.69) is 22.6 Å². The molecule has 0 radical (unpaired) electrons.